The van der Waals surface area contributed by atoms with Crippen LogP contribution in [-0.2, 0) is 6.54 Å². The molecule has 2 N–H and O–H groups in total. The van der Waals surface area contributed by atoms with Crippen molar-refractivity contribution in [1.29, 1.82) is 0 Å². The molecular formula is C12H15BrN2. The predicted octanol–water partition coefficient (Wildman–Crippen LogP) is 2.98. The second-order valence-corrected chi connectivity index (χ2v) is 4.64. The zero-order valence-electron chi connectivity index (χ0n) is 9.05. The number of aromatic nitrogens is 1. The Morgan fingerprint density at radius 1 is 1.33 bits per heavy atom. The van der Waals surface area contributed by atoms with Gasteiger partial charge in [0.15, 0.2) is 0 Å². The van der Waals surface area contributed by atoms with Crippen LogP contribution >= 0.6 is 15.9 Å². The molecule has 80 valence electrons. The molecule has 0 fully saturated rings. The van der Waals surface area contributed by atoms with Crippen LogP contribution < -0.4 is 5.73 Å². The summed E-state index contributed by atoms with van der Waals surface area (Å²) in [7, 11) is 0. The molecule has 0 unspecified atom stereocenters. The summed E-state index contributed by atoms with van der Waals surface area (Å²) in [6, 6.07) is 6.31. The van der Waals surface area contributed by atoms with E-state index in [9.17, 15) is 0 Å². The van der Waals surface area contributed by atoms with Crippen molar-refractivity contribution in [3.8, 4) is 0 Å². The fraction of sp³-hybridized carbons (Fsp3) is 0.333. The molecule has 1 aromatic heterocycles. The molecule has 0 amide bonds. The van der Waals surface area contributed by atoms with Gasteiger partial charge in [-0.3, -0.25) is 0 Å². The predicted molar refractivity (Wildman–Crippen MR) is 68.2 cm³/mol. The summed E-state index contributed by atoms with van der Waals surface area (Å²) in [5.41, 5.74) is 9.56. The number of benzene rings is 1. The van der Waals surface area contributed by atoms with Crippen molar-refractivity contribution >= 4 is 26.8 Å². The Morgan fingerprint density at radius 2 is 2.07 bits per heavy atom. The van der Waals surface area contributed by atoms with Crippen LogP contribution in [0.5, 0.6) is 0 Å². The van der Waals surface area contributed by atoms with Gasteiger partial charge in [0.1, 0.15) is 0 Å². The third kappa shape index (κ3) is 1.60. The summed E-state index contributed by atoms with van der Waals surface area (Å²) < 4.78 is 3.43. The first kappa shape index (κ1) is 10.7. The maximum atomic E-state index is 5.64. The van der Waals surface area contributed by atoms with E-state index in [4.69, 9.17) is 5.73 Å². The Morgan fingerprint density at radius 3 is 2.73 bits per heavy atom. The Hall–Kier alpha value is -0.800. The second kappa shape index (κ2) is 3.99. The van der Waals surface area contributed by atoms with E-state index in [0.29, 0.717) is 6.54 Å². The number of rotatable bonds is 2. The number of hydrogen-bond acceptors (Lipinski definition) is 1. The first-order valence-electron chi connectivity index (χ1n) is 5.10. The summed E-state index contributed by atoms with van der Waals surface area (Å²) >= 11 is 3.60. The minimum absolute atomic E-state index is 0.672. The molecule has 0 radical (unpaired) electrons. The van der Waals surface area contributed by atoms with Crippen LogP contribution in [0.25, 0.3) is 10.9 Å². The molecule has 1 heterocycles. The van der Waals surface area contributed by atoms with E-state index in [-0.39, 0.29) is 0 Å². The summed E-state index contributed by atoms with van der Waals surface area (Å²) in [6.45, 7) is 5.86. The van der Waals surface area contributed by atoms with Crippen LogP contribution in [0.1, 0.15) is 11.3 Å². The quantitative estimate of drug-likeness (QED) is 0.891. The number of nitrogens with two attached hydrogens (primary N) is 1. The highest BCUT2D eigenvalue weighted by atomic mass is 79.9. The third-order valence-corrected chi connectivity index (χ3v) is 3.60. The molecular weight excluding hydrogens is 252 g/mol. The van der Waals surface area contributed by atoms with Gasteiger partial charge in [0.25, 0.3) is 0 Å². The molecule has 2 rings (SSSR count). The number of halogens is 1. The third-order valence-electron chi connectivity index (χ3n) is 2.96. The Bertz CT molecular complexity index is 500. The Balaban J connectivity index is 2.82. The van der Waals surface area contributed by atoms with Crippen molar-refractivity contribution in [2.24, 2.45) is 5.73 Å². The average molecular weight is 267 g/mol. The zero-order valence-corrected chi connectivity index (χ0v) is 10.6. The van der Waals surface area contributed by atoms with E-state index in [2.05, 4.69) is 52.5 Å². The fourth-order valence-corrected chi connectivity index (χ4v) is 2.65. The molecule has 0 aliphatic heterocycles. The summed E-state index contributed by atoms with van der Waals surface area (Å²) in [6.07, 6.45) is 0. The normalized spacial score (nSPS) is 11.2. The topological polar surface area (TPSA) is 30.9 Å². The van der Waals surface area contributed by atoms with Gasteiger partial charge in [-0.25, -0.2) is 0 Å². The van der Waals surface area contributed by atoms with Gasteiger partial charge in [-0.2, -0.15) is 0 Å². The molecule has 0 bridgehead atoms. The van der Waals surface area contributed by atoms with Crippen LogP contribution in [-0.4, -0.2) is 11.1 Å². The number of hydrogen-bond donors (Lipinski definition) is 1. The molecule has 0 atom stereocenters. The van der Waals surface area contributed by atoms with Crippen LogP contribution in [0, 0.1) is 13.8 Å². The van der Waals surface area contributed by atoms with Crippen molar-refractivity contribution in [2.45, 2.75) is 20.4 Å². The van der Waals surface area contributed by atoms with Crippen molar-refractivity contribution < 1.29 is 0 Å². The van der Waals surface area contributed by atoms with Crippen molar-refractivity contribution in [1.82, 2.24) is 4.57 Å². The first-order valence-corrected chi connectivity index (χ1v) is 5.90. The molecule has 0 aliphatic rings. The molecule has 0 spiro atoms. The molecule has 0 aliphatic carbocycles. The molecule has 15 heavy (non-hydrogen) atoms. The van der Waals surface area contributed by atoms with Gasteiger partial charge in [-0.15, -0.1) is 0 Å². The Labute approximate surface area is 98.2 Å². The van der Waals surface area contributed by atoms with E-state index in [0.717, 1.165) is 11.0 Å². The highest BCUT2D eigenvalue weighted by Gasteiger charge is 2.11. The minimum Gasteiger partial charge on any atom is -0.342 e. The van der Waals surface area contributed by atoms with Crippen molar-refractivity contribution in [3.63, 3.8) is 0 Å². The van der Waals surface area contributed by atoms with E-state index >= 15 is 0 Å². The molecule has 2 nitrogen and oxygen atoms in total. The molecule has 0 saturated heterocycles. The van der Waals surface area contributed by atoms with E-state index in [1.54, 1.807) is 0 Å². The SMILES string of the molecule is Cc1c(C)n(CCN)c2c(Br)cccc12. The van der Waals surface area contributed by atoms with Crippen LogP contribution in [0.15, 0.2) is 22.7 Å². The van der Waals surface area contributed by atoms with Gasteiger partial charge < -0.3 is 10.3 Å². The lowest BCUT2D eigenvalue weighted by Crippen LogP contribution is -2.11. The molecule has 1 aromatic carbocycles. The van der Waals surface area contributed by atoms with Crippen LogP contribution in [0.4, 0.5) is 0 Å². The highest BCUT2D eigenvalue weighted by molar-refractivity contribution is 9.10. The first-order chi connectivity index (χ1) is 7.16. The smallest absolute Gasteiger partial charge is 0.0629 e. The number of aryl methyl sites for hydroxylation is 1. The molecule has 0 saturated carbocycles. The van der Waals surface area contributed by atoms with Crippen molar-refractivity contribution in [2.75, 3.05) is 6.54 Å². The lowest BCUT2D eigenvalue weighted by atomic mass is 10.2. The van der Waals surface area contributed by atoms with Gasteiger partial charge in [0.2, 0.25) is 0 Å². The van der Waals surface area contributed by atoms with Gasteiger partial charge >= 0.3 is 0 Å². The monoisotopic (exact) mass is 266 g/mol. The van der Waals surface area contributed by atoms with E-state index in [1.165, 1.54) is 22.2 Å². The minimum atomic E-state index is 0.672. The number of nitrogens with zero attached hydrogens (tertiary/aromatic N) is 1. The maximum Gasteiger partial charge on any atom is 0.0629 e. The maximum absolute atomic E-state index is 5.64. The highest BCUT2D eigenvalue weighted by Crippen LogP contribution is 2.30. The van der Waals surface area contributed by atoms with Gasteiger partial charge in [-0.1, -0.05) is 12.1 Å². The van der Waals surface area contributed by atoms with Gasteiger partial charge in [0.05, 0.1) is 5.52 Å². The van der Waals surface area contributed by atoms with Gasteiger partial charge in [-0.05, 0) is 41.4 Å². The molecule has 2 aromatic rings. The fourth-order valence-electron chi connectivity index (χ4n) is 2.07. The van der Waals surface area contributed by atoms with E-state index in [1.807, 2.05) is 0 Å². The van der Waals surface area contributed by atoms with Crippen molar-refractivity contribution in [3.05, 3.63) is 33.9 Å². The largest absolute Gasteiger partial charge is 0.342 e. The van der Waals surface area contributed by atoms with Gasteiger partial charge in [0, 0.05) is 28.6 Å². The number of fused-ring (bicyclic) bond motifs is 1. The molecule has 3 heteroatoms. The zero-order chi connectivity index (χ0) is 11.0. The van der Waals surface area contributed by atoms with Crippen LogP contribution in [0.3, 0.4) is 0 Å². The second-order valence-electron chi connectivity index (χ2n) is 3.79. The summed E-state index contributed by atoms with van der Waals surface area (Å²) in [4.78, 5) is 0. The Kier molecular flexibility index (Phi) is 2.85. The van der Waals surface area contributed by atoms with Crippen LogP contribution in [0.2, 0.25) is 0 Å². The number of para-hydroxylation sites is 1. The van der Waals surface area contributed by atoms with E-state index < -0.39 is 0 Å². The summed E-state index contributed by atoms with van der Waals surface area (Å²) in [5.74, 6) is 0. The lowest BCUT2D eigenvalue weighted by Gasteiger charge is -2.07. The average Bonchev–Trinajstić information content (AvgIpc) is 2.46. The standard InChI is InChI=1S/C12H15BrN2/c1-8-9(2)15(7-6-14)12-10(8)4-3-5-11(12)13/h3-5H,6-7,14H2,1-2H3. The summed E-state index contributed by atoms with van der Waals surface area (Å²) in [5, 5.41) is 1.32. The lowest BCUT2D eigenvalue weighted by molar-refractivity contribution is 0.712.